The van der Waals surface area contributed by atoms with Crippen LogP contribution in [-0.4, -0.2) is 40.5 Å². The number of hydrogen-bond donors (Lipinski definition) is 2. The van der Waals surface area contributed by atoms with Gasteiger partial charge in [0, 0.05) is 35.5 Å². The Morgan fingerprint density at radius 3 is 1.71 bits per heavy atom. The second-order valence-corrected chi connectivity index (χ2v) is 16.6. The second-order valence-electron chi connectivity index (χ2n) is 16.6. The molecule has 0 radical (unpaired) electrons. The lowest BCUT2D eigenvalue weighted by Crippen LogP contribution is -2.42. The average Bonchev–Trinajstić information content (AvgIpc) is 2.81. The van der Waals surface area contributed by atoms with Gasteiger partial charge in [-0.3, -0.25) is 9.89 Å². The molecule has 1 saturated carbocycles. The minimum Gasteiger partial charge on any atom is -0.507 e. The molecule has 4 nitrogen and oxygen atoms in total. The lowest BCUT2D eigenvalue weighted by Gasteiger charge is -2.37. The first kappa shape index (κ1) is 33.2. The van der Waals surface area contributed by atoms with E-state index < -0.39 is 0 Å². The first-order valence-corrected chi connectivity index (χ1v) is 15.6. The van der Waals surface area contributed by atoms with Crippen LogP contribution in [0.5, 0.6) is 11.5 Å². The topological polar surface area (TPSA) is 56.1 Å². The molecule has 2 atom stereocenters. The molecule has 2 aromatic carbocycles. The van der Waals surface area contributed by atoms with Gasteiger partial charge in [-0.1, -0.05) is 114 Å². The third kappa shape index (κ3) is 7.95. The number of rotatable bonds is 5. The van der Waals surface area contributed by atoms with Crippen molar-refractivity contribution in [3.8, 4) is 11.5 Å². The van der Waals surface area contributed by atoms with Gasteiger partial charge in [0.2, 0.25) is 0 Å². The summed E-state index contributed by atoms with van der Waals surface area (Å²) in [5.41, 5.74) is 5.89. The summed E-state index contributed by atoms with van der Waals surface area (Å²) in [6, 6.07) is 9.07. The summed E-state index contributed by atoms with van der Waals surface area (Å²) in [6.07, 6.45) is 6.37. The first-order valence-electron chi connectivity index (χ1n) is 15.6. The van der Waals surface area contributed by atoms with Crippen LogP contribution in [0.25, 0.3) is 0 Å². The van der Waals surface area contributed by atoms with Crippen LogP contribution in [0.3, 0.4) is 0 Å². The van der Waals surface area contributed by atoms with E-state index >= 15 is 0 Å². The van der Waals surface area contributed by atoms with Crippen molar-refractivity contribution in [1.82, 2.24) is 4.90 Å². The monoisotopic (exact) mass is 562 g/mol. The largest absolute Gasteiger partial charge is 0.507 e. The zero-order valence-electron chi connectivity index (χ0n) is 28.4. The minimum atomic E-state index is -0.170. The molecule has 2 unspecified atom stereocenters. The van der Waals surface area contributed by atoms with Crippen molar-refractivity contribution in [2.45, 2.75) is 149 Å². The van der Waals surface area contributed by atoms with E-state index in [4.69, 9.17) is 4.99 Å². The lowest BCUT2D eigenvalue weighted by atomic mass is 9.78. The van der Waals surface area contributed by atoms with Gasteiger partial charge in [-0.2, -0.15) is 0 Å². The Kier molecular flexibility index (Phi) is 9.50. The molecule has 1 aliphatic rings. The van der Waals surface area contributed by atoms with Gasteiger partial charge in [0.05, 0.1) is 6.04 Å². The van der Waals surface area contributed by atoms with Crippen LogP contribution < -0.4 is 0 Å². The Labute approximate surface area is 251 Å². The van der Waals surface area contributed by atoms with Crippen LogP contribution >= 0.6 is 0 Å². The molecule has 0 amide bonds. The number of hydrogen-bond acceptors (Lipinski definition) is 4. The van der Waals surface area contributed by atoms with Crippen molar-refractivity contribution in [3.63, 3.8) is 0 Å². The molecule has 0 spiro atoms. The van der Waals surface area contributed by atoms with Crippen LogP contribution in [0.4, 0.5) is 0 Å². The molecule has 41 heavy (non-hydrogen) atoms. The Morgan fingerprint density at radius 1 is 0.707 bits per heavy atom. The predicted molar refractivity (Wildman–Crippen MR) is 176 cm³/mol. The van der Waals surface area contributed by atoms with Gasteiger partial charge in [-0.25, -0.2) is 0 Å². The highest BCUT2D eigenvalue weighted by molar-refractivity contribution is 5.85. The van der Waals surface area contributed by atoms with Gasteiger partial charge in [0.25, 0.3) is 0 Å². The van der Waals surface area contributed by atoms with Crippen molar-refractivity contribution < 1.29 is 10.2 Å². The van der Waals surface area contributed by atoms with E-state index in [0.717, 1.165) is 41.5 Å². The minimum absolute atomic E-state index is 0.00576. The molecule has 1 fully saturated rings. The lowest BCUT2D eigenvalue weighted by molar-refractivity contribution is 0.162. The van der Waals surface area contributed by atoms with Crippen molar-refractivity contribution in [2.24, 2.45) is 4.99 Å². The molecule has 0 heterocycles. The number of aliphatic imine (C=N–C) groups is 1. The second kappa shape index (κ2) is 11.7. The maximum atomic E-state index is 11.4. The van der Waals surface area contributed by atoms with Crippen LogP contribution in [0.15, 0.2) is 29.3 Å². The zero-order chi connectivity index (χ0) is 31.1. The Hall–Kier alpha value is -2.33. The van der Waals surface area contributed by atoms with E-state index in [-0.39, 0.29) is 33.7 Å². The van der Waals surface area contributed by atoms with Gasteiger partial charge < -0.3 is 10.2 Å². The summed E-state index contributed by atoms with van der Waals surface area (Å²) < 4.78 is 0. The highest BCUT2D eigenvalue weighted by Crippen LogP contribution is 2.40. The van der Waals surface area contributed by atoms with Crippen LogP contribution in [0.2, 0.25) is 0 Å². The highest BCUT2D eigenvalue weighted by Gasteiger charge is 2.31. The fourth-order valence-corrected chi connectivity index (χ4v) is 5.92. The maximum absolute atomic E-state index is 11.4. The van der Waals surface area contributed by atoms with E-state index in [1.54, 1.807) is 0 Å². The van der Waals surface area contributed by atoms with Crippen molar-refractivity contribution >= 4 is 6.21 Å². The zero-order valence-corrected chi connectivity index (χ0v) is 28.4. The molecule has 2 aromatic rings. The Bertz CT molecular complexity index is 1250. The van der Waals surface area contributed by atoms with Crippen LogP contribution in [0.1, 0.15) is 142 Å². The Balaban J connectivity index is 1.97. The summed E-state index contributed by atoms with van der Waals surface area (Å²) in [6.45, 7) is 27.0. The maximum Gasteiger partial charge on any atom is 0.128 e. The number of benzene rings is 2. The van der Waals surface area contributed by atoms with Crippen LogP contribution in [0, 0.1) is 0 Å². The fraction of sp³-hybridized carbons (Fsp3) is 0.649. The summed E-state index contributed by atoms with van der Waals surface area (Å²) in [5.74, 6) is 0.764. The summed E-state index contributed by atoms with van der Waals surface area (Å²) in [4.78, 5) is 7.54. The Morgan fingerprint density at radius 2 is 1.20 bits per heavy atom. The molecule has 0 bridgehead atoms. The molecule has 2 N–H and O–H groups in total. The summed E-state index contributed by atoms with van der Waals surface area (Å²) >= 11 is 0. The van der Waals surface area contributed by atoms with E-state index in [1.165, 1.54) is 17.5 Å². The summed E-state index contributed by atoms with van der Waals surface area (Å²) in [7, 11) is 2.17. The number of likely N-dealkylation sites (N-methyl/N-ethyl adjacent to an activating group) is 1. The highest BCUT2D eigenvalue weighted by atomic mass is 16.3. The third-order valence-electron chi connectivity index (χ3n) is 8.76. The SMILES string of the molecule is CN(Cc1cc(C(C)(C)C)cc(C(C)(C)C)c1O)C1CCCCC1N=Cc1cc(C(C)(C)C)cc(C(C)(C)C)c1O. The van der Waals surface area contributed by atoms with Crippen molar-refractivity contribution in [1.29, 1.82) is 0 Å². The van der Waals surface area contributed by atoms with Crippen LogP contribution in [-0.2, 0) is 28.2 Å². The molecule has 228 valence electrons. The quantitative estimate of drug-likeness (QED) is 0.357. The predicted octanol–water partition coefficient (Wildman–Crippen LogP) is 9.15. The normalized spacial score (nSPS) is 19.4. The van der Waals surface area contributed by atoms with Gasteiger partial charge in [-0.15, -0.1) is 0 Å². The van der Waals surface area contributed by atoms with E-state index in [0.29, 0.717) is 18.0 Å². The molecular formula is C37H58N2O2. The van der Waals surface area contributed by atoms with Crippen molar-refractivity contribution in [3.05, 3.63) is 57.6 Å². The van der Waals surface area contributed by atoms with E-state index in [2.05, 4.69) is 119 Å². The molecular weight excluding hydrogens is 504 g/mol. The number of nitrogens with zero attached hydrogens (tertiary/aromatic N) is 2. The summed E-state index contributed by atoms with van der Waals surface area (Å²) in [5, 5.41) is 22.7. The van der Waals surface area contributed by atoms with Crippen molar-refractivity contribution in [2.75, 3.05) is 7.05 Å². The van der Waals surface area contributed by atoms with E-state index in [9.17, 15) is 10.2 Å². The number of aromatic hydroxyl groups is 2. The molecule has 4 heteroatoms. The van der Waals surface area contributed by atoms with Gasteiger partial charge in [0.1, 0.15) is 11.5 Å². The third-order valence-corrected chi connectivity index (χ3v) is 8.76. The number of phenolic OH excluding ortho intramolecular Hbond substituents is 2. The standard InChI is InChI=1S/C37H58N2O2/c1-34(2,3)26-18-24(32(40)28(20-26)36(7,8)9)22-38-30-16-14-15-17-31(30)39(13)23-25-19-27(35(4,5)6)21-29(33(25)41)37(10,11)12/h18-22,30-31,40-41H,14-17,23H2,1-13H3. The molecule has 3 rings (SSSR count). The molecule has 0 aromatic heterocycles. The smallest absolute Gasteiger partial charge is 0.128 e. The fourth-order valence-electron chi connectivity index (χ4n) is 5.92. The average molecular weight is 563 g/mol. The van der Waals surface area contributed by atoms with Gasteiger partial charge in [0.15, 0.2) is 0 Å². The molecule has 1 aliphatic carbocycles. The molecule has 0 saturated heterocycles. The van der Waals surface area contributed by atoms with Gasteiger partial charge in [-0.05, 0) is 64.3 Å². The number of phenols is 2. The van der Waals surface area contributed by atoms with E-state index in [1.807, 2.05) is 6.21 Å². The first-order chi connectivity index (χ1) is 18.6. The van der Waals surface area contributed by atoms with Gasteiger partial charge >= 0.3 is 0 Å². The molecule has 0 aliphatic heterocycles.